The lowest BCUT2D eigenvalue weighted by atomic mass is 9.86. The van der Waals surface area contributed by atoms with Crippen molar-refractivity contribution in [1.29, 1.82) is 0 Å². The van der Waals surface area contributed by atoms with E-state index >= 15 is 0 Å². The molecule has 8 nitrogen and oxygen atoms in total. The molecule has 0 bridgehead atoms. The van der Waals surface area contributed by atoms with Gasteiger partial charge in [0.05, 0.1) is 6.04 Å². The summed E-state index contributed by atoms with van der Waals surface area (Å²) in [5.74, 6) is 0.914. The predicted molar refractivity (Wildman–Crippen MR) is 95.2 cm³/mol. The van der Waals surface area contributed by atoms with Crippen LogP contribution < -0.4 is 5.32 Å². The lowest BCUT2D eigenvalue weighted by Gasteiger charge is -2.46. The molecule has 0 aromatic carbocycles. The molecule has 1 atom stereocenters. The first-order valence-electron chi connectivity index (χ1n) is 9.57. The van der Waals surface area contributed by atoms with Gasteiger partial charge in [-0.1, -0.05) is 19.8 Å². The third-order valence-electron chi connectivity index (χ3n) is 5.72. The van der Waals surface area contributed by atoms with Crippen LogP contribution in [0.4, 0.5) is 4.79 Å². The quantitative estimate of drug-likeness (QED) is 0.876. The van der Waals surface area contributed by atoms with Crippen molar-refractivity contribution in [2.75, 3.05) is 33.7 Å². The van der Waals surface area contributed by atoms with Gasteiger partial charge < -0.3 is 10.2 Å². The number of nitrogens with zero attached hydrogens (tertiary/aromatic N) is 6. The fraction of sp³-hybridized carbons (Fsp3) is 0.882. The summed E-state index contributed by atoms with van der Waals surface area (Å²) < 4.78 is 2.04. The van der Waals surface area contributed by atoms with Gasteiger partial charge in [0.25, 0.3) is 0 Å². The molecule has 2 fully saturated rings. The Morgan fingerprint density at radius 1 is 1.32 bits per heavy atom. The molecule has 2 aliphatic rings. The molecular weight excluding hydrogens is 318 g/mol. The smallest absolute Gasteiger partial charge is 0.317 e. The van der Waals surface area contributed by atoms with Crippen LogP contribution in [0.1, 0.15) is 63.7 Å². The summed E-state index contributed by atoms with van der Waals surface area (Å²) >= 11 is 0. The Hall–Kier alpha value is -1.70. The molecule has 25 heavy (non-hydrogen) atoms. The minimum absolute atomic E-state index is 0.0210. The number of likely N-dealkylation sites (N-methyl/N-ethyl adjacent to an activating group) is 1. The van der Waals surface area contributed by atoms with E-state index in [1.165, 1.54) is 12.8 Å². The summed E-state index contributed by atoms with van der Waals surface area (Å²) in [6.45, 7) is 4.19. The molecule has 0 radical (unpaired) electrons. The Balaban J connectivity index is 1.87. The highest BCUT2D eigenvalue weighted by Gasteiger charge is 2.45. The van der Waals surface area contributed by atoms with Crippen molar-refractivity contribution in [1.82, 2.24) is 35.3 Å². The zero-order valence-corrected chi connectivity index (χ0v) is 15.7. The molecule has 2 heterocycles. The number of likely N-dealkylation sites (tertiary alicyclic amines) is 1. The van der Waals surface area contributed by atoms with E-state index in [1.807, 2.05) is 9.58 Å². The topological polar surface area (TPSA) is 79.2 Å². The normalized spacial score (nSPS) is 24.9. The minimum Gasteiger partial charge on any atom is -0.338 e. The molecule has 1 unspecified atom stereocenters. The van der Waals surface area contributed by atoms with E-state index in [0.29, 0.717) is 19.1 Å². The van der Waals surface area contributed by atoms with Crippen LogP contribution in [0.5, 0.6) is 0 Å². The van der Waals surface area contributed by atoms with E-state index in [-0.39, 0.29) is 11.6 Å². The molecular formula is C17H31N7O. The minimum atomic E-state index is -0.326. The second-order valence-electron chi connectivity index (χ2n) is 7.57. The zero-order chi connectivity index (χ0) is 17.9. The SMILES string of the molecule is CCCNC(=O)N1CCCC(c2nnnn2C2CCCC2)(N(C)C)C1. The highest BCUT2D eigenvalue weighted by molar-refractivity contribution is 5.74. The second-order valence-corrected chi connectivity index (χ2v) is 7.57. The van der Waals surface area contributed by atoms with Crippen molar-refractivity contribution >= 4 is 6.03 Å². The van der Waals surface area contributed by atoms with Crippen LogP contribution in [0.25, 0.3) is 0 Å². The Kier molecular flexibility index (Phi) is 5.56. The van der Waals surface area contributed by atoms with Gasteiger partial charge in [-0.05, 0) is 56.6 Å². The second kappa shape index (κ2) is 7.68. The largest absolute Gasteiger partial charge is 0.338 e. The van der Waals surface area contributed by atoms with Crippen molar-refractivity contribution < 1.29 is 4.79 Å². The van der Waals surface area contributed by atoms with Crippen LogP contribution >= 0.6 is 0 Å². The summed E-state index contributed by atoms with van der Waals surface area (Å²) in [4.78, 5) is 16.6. The Bertz CT molecular complexity index is 581. The molecule has 1 saturated heterocycles. The molecule has 1 aromatic rings. The highest BCUT2D eigenvalue weighted by atomic mass is 16.2. The van der Waals surface area contributed by atoms with E-state index in [4.69, 9.17) is 0 Å². The van der Waals surface area contributed by atoms with Gasteiger partial charge in [-0.15, -0.1) is 5.10 Å². The fourth-order valence-corrected chi connectivity index (χ4v) is 4.20. The molecule has 1 aliphatic heterocycles. The first-order valence-corrected chi connectivity index (χ1v) is 9.57. The Morgan fingerprint density at radius 3 is 2.76 bits per heavy atom. The third-order valence-corrected chi connectivity index (χ3v) is 5.72. The maximum Gasteiger partial charge on any atom is 0.317 e. The number of piperidine rings is 1. The zero-order valence-electron chi connectivity index (χ0n) is 15.7. The maximum atomic E-state index is 12.5. The Morgan fingerprint density at radius 2 is 2.08 bits per heavy atom. The van der Waals surface area contributed by atoms with Crippen molar-refractivity contribution in [3.63, 3.8) is 0 Å². The number of carbonyl (C=O) groups is 1. The highest BCUT2D eigenvalue weighted by Crippen LogP contribution is 2.38. The van der Waals surface area contributed by atoms with Gasteiger partial charge in [0.2, 0.25) is 0 Å². The average molecular weight is 349 g/mol. The molecule has 1 N–H and O–H groups in total. The van der Waals surface area contributed by atoms with Crippen molar-refractivity contribution in [3.8, 4) is 0 Å². The van der Waals surface area contributed by atoms with E-state index in [1.54, 1.807) is 0 Å². The predicted octanol–water partition coefficient (Wildman–Crippen LogP) is 1.76. The monoisotopic (exact) mass is 349 g/mol. The molecule has 3 rings (SSSR count). The van der Waals surface area contributed by atoms with Gasteiger partial charge in [0, 0.05) is 19.6 Å². The van der Waals surface area contributed by atoms with Crippen LogP contribution in [0.3, 0.4) is 0 Å². The number of urea groups is 1. The van der Waals surface area contributed by atoms with Gasteiger partial charge in [-0.3, -0.25) is 4.90 Å². The first-order chi connectivity index (χ1) is 12.1. The van der Waals surface area contributed by atoms with Crippen molar-refractivity contribution in [2.45, 2.75) is 63.5 Å². The number of hydrogen-bond donors (Lipinski definition) is 1. The first kappa shape index (κ1) is 18.1. The summed E-state index contributed by atoms with van der Waals surface area (Å²) in [5.41, 5.74) is -0.326. The number of aromatic nitrogens is 4. The molecule has 140 valence electrons. The Labute approximate surface area is 149 Å². The number of carbonyl (C=O) groups excluding carboxylic acids is 1. The number of hydrogen-bond acceptors (Lipinski definition) is 5. The van der Waals surface area contributed by atoms with Gasteiger partial charge in [0.15, 0.2) is 5.82 Å². The van der Waals surface area contributed by atoms with E-state index in [9.17, 15) is 4.79 Å². The molecule has 0 spiro atoms. The number of tetrazole rings is 1. The van der Waals surface area contributed by atoms with E-state index in [0.717, 1.165) is 44.5 Å². The number of amides is 2. The third kappa shape index (κ3) is 3.49. The van der Waals surface area contributed by atoms with Crippen LogP contribution in [-0.2, 0) is 5.54 Å². The number of rotatable bonds is 5. The van der Waals surface area contributed by atoms with Crippen LogP contribution in [0.15, 0.2) is 0 Å². The van der Waals surface area contributed by atoms with Crippen LogP contribution in [-0.4, -0.2) is 69.8 Å². The maximum absolute atomic E-state index is 12.5. The summed E-state index contributed by atoms with van der Waals surface area (Å²) in [6, 6.07) is 0.416. The summed E-state index contributed by atoms with van der Waals surface area (Å²) in [7, 11) is 4.14. The van der Waals surface area contributed by atoms with Gasteiger partial charge in [-0.2, -0.15) is 0 Å². The summed E-state index contributed by atoms with van der Waals surface area (Å²) in [5, 5.41) is 15.8. The van der Waals surface area contributed by atoms with Gasteiger partial charge in [0.1, 0.15) is 5.54 Å². The number of nitrogens with one attached hydrogen (secondary N) is 1. The van der Waals surface area contributed by atoms with E-state index in [2.05, 4.69) is 46.8 Å². The molecule has 8 heteroatoms. The van der Waals surface area contributed by atoms with Gasteiger partial charge in [-0.25, -0.2) is 9.48 Å². The van der Waals surface area contributed by atoms with Crippen molar-refractivity contribution in [2.24, 2.45) is 0 Å². The lowest BCUT2D eigenvalue weighted by Crippen LogP contribution is -2.58. The molecule has 1 aromatic heterocycles. The summed E-state index contributed by atoms with van der Waals surface area (Å²) in [6.07, 6.45) is 7.62. The molecule has 1 aliphatic carbocycles. The van der Waals surface area contributed by atoms with E-state index < -0.39 is 0 Å². The lowest BCUT2D eigenvalue weighted by molar-refractivity contribution is 0.0444. The fourth-order valence-electron chi connectivity index (χ4n) is 4.20. The molecule has 2 amide bonds. The van der Waals surface area contributed by atoms with Crippen LogP contribution in [0.2, 0.25) is 0 Å². The standard InChI is InChI=1S/C17H31N7O/c1-4-11-18-16(25)23-12-7-10-17(13-23,22(2)3)15-19-20-21-24(15)14-8-5-6-9-14/h14H,4-13H2,1-3H3,(H,18,25). The van der Waals surface area contributed by atoms with Gasteiger partial charge >= 0.3 is 6.03 Å². The molecule has 1 saturated carbocycles. The van der Waals surface area contributed by atoms with Crippen molar-refractivity contribution in [3.05, 3.63) is 5.82 Å². The van der Waals surface area contributed by atoms with Crippen LogP contribution in [0, 0.1) is 0 Å². The average Bonchev–Trinajstić information content (AvgIpc) is 3.30.